The summed E-state index contributed by atoms with van der Waals surface area (Å²) in [5, 5.41) is 0. The van der Waals surface area contributed by atoms with Gasteiger partial charge in [0, 0.05) is 20.1 Å². The predicted molar refractivity (Wildman–Crippen MR) is 83.6 cm³/mol. The minimum atomic E-state index is -0.298. The maximum atomic E-state index is 12.6. The third-order valence-corrected chi connectivity index (χ3v) is 3.61. The molecule has 0 aliphatic rings. The molecule has 0 N–H and O–H groups in total. The quantitative estimate of drug-likeness (QED) is 0.575. The second kappa shape index (κ2) is 6.56. The molecule has 0 amide bonds. The maximum absolute atomic E-state index is 12.6. The number of allylic oxidation sites excluding steroid dienone is 1. The molecular formula is C15H22N4O2. The Labute approximate surface area is 123 Å². The van der Waals surface area contributed by atoms with Crippen molar-refractivity contribution in [3.8, 4) is 0 Å². The average molecular weight is 290 g/mol. The molecule has 0 bridgehead atoms. The van der Waals surface area contributed by atoms with Crippen LogP contribution in [0.5, 0.6) is 0 Å². The highest BCUT2D eigenvalue weighted by Crippen LogP contribution is 2.07. The molecule has 114 valence electrons. The van der Waals surface area contributed by atoms with Gasteiger partial charge in [0.15, 0.2) is 11.2 Å². The van der Waals surface area contributed by atoms with E-state index >= 15 is 0 Å². The van der Waals surface area contributed by atoms with Gasteiger partial charge in [-0.2, -0.15) is 0 Å². The number of nitrogens with zero attached hydrogens (tertiary/aromatic N) is 4. The van der Waals surface area contributed by atoms with Gasteiger partial charge in [-0.15, -0.1) is 6.58 Å². The standard InChI is InChI=1S/C15H22N4O2/c1-4-6-7-8-10-19-14(20)12-13(17(3)15(19)21)16-11-18(12)9-5-2/h4,11H,1,5-10H2,2-3H3. The van der Waals surface area contributed by atoms with Gasteiger partial charge in [0.1, 0.15) is 0 Å². The Hall–Kier alpha value is -2.11. The minimum Gasteiger partial charge on any atom is -0.325 e. The number of hydrogen-bond acceptors (Lipinski definition) is 3. The van der Waals surface area contributed by atoms with Crippen molar-refractivity contribution >= 4 is 11.2 Å². The lowest BCUT2D eigenvalue weighted by Crippen LogP contribution is -2.39. The number of aryl methyl sites for hydroxylation is 2. The summed E-state index contributed by atoms with van der Waals surface area (Å²) in [5.41, 5.74) is 0.439. The van der Waals surface area contributed by atoms with E-state index < -0.39 is 0 Å². The summed E-state index contributed by atoms with van der Waals surface area (Å²) in [5.74, 6) is 0. The van der Waals surface area contributed by atoms with Crippen molar-refractivity contribution in [2.45, 2.75) is 45.7 Å². The molecule has 2 heterocycles. The predicted octanol–water partition coefficient (Wildman–Crippen LogP) is 1.66. The number of fused-ring (bicyclic) bond motifs is 1. The highest BCUT2D eigenvalue weighted by atomic mass is 16.2. The van der Waals surface area contributed by atoms with Crippen molar-refractivity contribution in [1.29, 1.82) is 0 Å². The van der Waals surface area contributed by atoms with Gasteiger partial charge in [0.05, 0.1) is 6.33 Å². The molecule has 0 radical (unpaired) electrons. The maximum Gasteiger partial charge on any atom is 0.332 e. The molecule has 21 heavy (non-hydrogen) atoms. The zero-order chi connectivity index (χ0) is 15.4. The number of unbranched alkanes of at least 4 members (excludes halogenated alkanes) is 2. The second-order valence-electron chi connectivity index (χ2n) is 5.19. The Morgan fingerprint density at radius 2 is 2.05 bits per heavy atom. The molecule has 2 rings (SSSR count). The normalized spacial score (nSPS) is 11.1. The smallest absolute Gasteiger partial charge is 0.325 e. The van der Waals surface area contributed by atoms with Crippen molar-refractivity contribution in [3.63, 3.8) is 0 Å². The minimum absolute atomic E-state index is 0.238. The van der Waals surface area contributed by atoms with Gasteiger partial charge in [0.2, 0.25) is 0 Å². The van der Waals surface area contributed by atoms with E-state index in [1.165, 1.54) is 9.13 Å². The molecule has 0 aliphatic heterocycles. The van der Waals surface area contributed by atoms with Gasteiger partial charge in [-0.1, -0.05) is 13.0 Å². The molecule has 6 heteroatoms. The summed E-state index contributed by atoms with van der Waals surface area (Å²) in [4.78, 5) is 29.1. The molecule has 6 nitrogen and oxygen atoms in total. The summed E-state index contributed by atoms with van der Waals surface area (Å²) in [6, 6.07) is 0. The van der Waals surface area contributed by atoms with Crippen LogP contribution in [0.4, 0.5) is 0 Å². The monoisotopic (exact) mass is 290 g/mol. The first-order valence-corrected chi connectivity index (χ1v) is 7.37. The lowest BCUT2D eigenvalue weighted by atomic mass is 10.2. The molecule has 0 unspecified atom stereocenters. The van der Waals surface area contributed by atoms with E-state index in [1.807, 2.05) is 17.6 Å². The van der Waals surface area contributed by atoms with Crippen molar-refractivity contribution in [1.82, 2.24) is 18.7 Å². The molecule has 0 aliphatic carbocycles. The average Bonchev–Trinajstić information content (AvgIpc) is 2.89. The van der Waals surface area contributed by atoms with Crippen LogP contribution in [0, 0.1) is 0 Å². The van der Waals surface area contributed by atoms with Crippen LogP contribution in [-0.2, 0) is 20.1 Å². The summed E-state index contributed by atoms with van der Waals surface area (Å²) in [7, 11) is 1.66. The van der Waals surface area contributed by atoms with E-state index in [1.54, 1.807) is 13.4 Å². The van der Waals surface area contributed by atoms with Gasteiger partial charge in [-0.25, -0.2) is 9.78 Å². The van der Waals surface area contributed by atoms with E-state index in [4.69, 9.17) is 0 Å². The fourth-order valence-electron chi connectivity index (χ4n) is 2.49. The van der Waals surface area contributed by atoms with Crippen LogP contribution in [0.25, 0.3) is 11.2 Å². The van der Waals surface area contributed by atoms with E-state index in [0.29, 0.717) is 17.7 Å². The lowest BCUT2D eigenvalue weighted by Gasteiger charge is -2.09. The van der Waals surface area contributed by atoms with E-state index in [2.05, 4.69) is 11.6 Å². The third kappa shape index (κ3) is 2.84. The molecule has 0 fully saturated rings. The Morgan fingerprint density at radius 3 is 2.71 bits per heavy atom. The van der Waals surface area contributed by atoms with E-state index in [9.17, 15) is 9.59 Å². The van der Waals surface area contributed by atoms with Crippen LogP contribution in [0.3, 0.4) is 0 Å². The first-order valence-electron chi connectivity index (χ1n) is 7.37. The molecule has 0 saturated carbocycles. The van der Waals surface area contributed by atoms with Crippen LogP contribution in [-0.4, -0.2) is 18.7 Å². The Kier molecular flexibility index (Phi) is 4.77. The summed E-state index contributed by atoms with van der Waals surface area (Å²) in [6.07, 6.45) is 7.00. The van der Waals surface area contributed by atoms with Crippen LogP contribution in [0.2, 0.25) is 0 Å². The first-order chi connectivity index (χ1) is 10.1. The Morgan fingerprint density at radius 1 is 1.29 bits per heavy atom. The van der Waals surface area contributed by atoms with Gasteiger partial charge < -0.3 is 4.57 Å². The highest BCUT2D eigenvalue weighted by Gasteiger charge is 2.15. The van der Waals surface area contributed by atoms with Gasteiger partial charge in [-0.3, -0.25) is 13.9 Å². The number of imidazole rings is 1. The van der Waals surface area contributed by atoms with E-state index in [-0.39, 0.29) is 11.2 Å². The van der Waals surface area contributed by atoms with Crippen molar-refractivity contribution in [2.24, 2.45) is 7.05 Å². The molecule has 0 saturated heterocycles. The zero-order valence-corrected chi connectivity index (χ0v) is 12.7. The summed E-state index contributed by atoms with van der Waals surface area (Å²) < 4.78 is 4.60. The number of rotatable bonds is 7. The molecule has 0 aromatic carbocycles. The highest BCUT2D eigenvalue weighted by molar-refractivity contribution is 5.69. The third-order valence-electron chi connectivity index (χ3n) is 3.61. The van der Waals surface area contributed by atoms with Crippen LogP contribution in [0.15, 0.2) is 28.6 Å². The molecular weight excluding hydrogens is 268 g/mol. The zero-order valence-electron chi connectivity index (χ0n) is 12.7. The number of aromatic nitrogens is 4. The molecule has 0 atom stereocenters. The molecule has 2 aromatic heterocycles. The molecule has 2 aromatic rings. The Balaban J connectivity index is 2.49. The number of hydrogen-bond donors (Lipinski definition) is 0. The summed E-state index contributed by atoms with van der Waals surface area (Å²) in [6.45, 7) is 6.88. The fraction of sp³-hybridized carbons (Fsp3) is 0.533. The van der Waals surface area contributed by atoms with Crippen molar-refractivity contribution in [3.05, 3.63) is 39.8 Å². The fourth-order valence-corrected chi connectivity index (χ4v) is 2.49. The lowest BCUT2D eigenvalue weighted by molar-refractivity contribution is 0.554. The van der Waals surface area contributed by atoms with Crippen LogP contribution in [0.1, 0.15) is 32.6 Å². The van der Waals surface area contributed by atoms with Crippen molar-refractivity contribution < 1.29 is 0 Å². The molecule has 0 spiro atoms. The Bertz CT molecular complexity index is 751. The van der Waals surface area contributed by atoms with Crippen LogP contribution >= 0.6 is 0 Å². The van der Waals surface area contributed by atoms with Gasteiger partial charge in [0.25, 0.3) is 5.56 Å². The second-order valence-corrected chi connectivity index (χ2v) is 5.19. The largest absolute Gasteiger partial charge is 0.332 e. The SMILES string of the molecule is C=CCCCCn1c(=O)c2c(ncn2CCC)n(C)c1=O. The van der Waals surface area contributed by atoms with Crippen LogP contribution < -0.4 is 11.2 Å². The van der Waals surface area contributed by atoms with Gasteiger partial charge >= 0.3 is 5.69 Å². The van der Waals surface area contributed by atoms with Crippen molar-refractivity contribution in [2.75, 3.05) is 0 Å². The van der Waals surface area contributed by atoms with Gasteiger partial charge in [-0.05, 0) is 25.7 Å². The summed E-state index contributed by atoms with van der Waals surface area (Å²) >= 11 is 0. The van der Waals surface area contributed by atoms with E-state index in [0.717, 1.165) is 32.2 Å². The first kappa shape index (κ1) is 15.3. The topological polar surface area (TPSA) is 61.8 Å².